The molecule has 1 aliphatic rings. The third kappa shape index (κ3) is 1.18. The average molecular weight is 129 g/mol. The second kappa shape index (κ2) is 2.11. The van der Waals surface area contributed by atoms with E-state index in [4.69, 9.17) is 11.6 Å². The molecule has 3 nitrogen and oxygen atoms in total. The van der Waals surface area contributed by atoms with Crippen molar-refractivity contribution in [3.63, 3.8) is 0 Å². The molecular formula is C4H7N3S. The number of hydrogen-bond acceptors (Lipinski definition) is 4. The maximum absolute atomic E-state index is 5.38. The lowest BCUT2D eigenvalue weighted by atomic mass is 10.8. The van der Waals surface area contributed by atoms with Gasteiger partial charge in [-0.15, -0.1) is 0 Å². The fourth-order valence-electron chi connectivity index (χ4n) is 0.400. The smallest absolute Gasteiger partial charge is 0.0879 e. The van der Waals surface area contributed by atoms with Crippen molar-refractivity contribution in [1.82, 2.24) is 5.01 Å². The molecular weight excluding hydrogens is 122 g/mol. The fourth-order valence-corrected chi connectivity index (χ4v) is 0.941. The first kappa shape index (κ1) is 5.53. The van der Waals surface area contributed by atoms with Crippen LogP contribution in [-0.2, 0) is 0 Å². The third-order valence-corrected chi connectivity index (χ3v) is 1.35. The molecule has 4 N–H and O–H groups in total. The molecule has 0 fully saturated rings. The SMILES string of the molecule is NC1=CN(N)C=CS1. The second-order valence-electron chi connectivity index (χ2n) is 1.38. The summed E-state index contributed by atoms with van der Waals surface area (Å²) in [7, 11) is 0. The number of hydrazine groups is 1. The highest BCUT2D eigenvalue weighted by Gasteiger charge is 1.95. The Morgan fingerprint density at radius 1 is 1.62 bits per heavy atom. The lowest BCUT2D eigenvalue weighted by Gasteiger charge is -2.11. The third-order valence-electron chi connectivity index (χ3n) is 0.713. The van der Waals surface area contributed by atoms with Crippen molar-refractivity contribution in [3.05, 3.63) is 22.8 Å². The minimum atomic E-state index is 0.718. The van der Waals surface area contributed by atoms with Crippen LogP contribution >= 0.6 is 11.8 Å². The first-order valence-electron chi connectivity index (χ1n) is 2.13. The maximum atomic E-state index is 5.38. The highest BCUT2D eigenvalue weighted by molar-refractivity contribution is 8.05. The van der Waals surface area contributed by atoms with Gasteiger partial charge in [-0.1, -0.05) is 11.8 Å². The van der Waals surface area contributed by atoms with E-state index in [9.17, 15) is 0 Å². The van der Waals surface area contributed by atoms with E-state index < -0.39 is 0 Å². The maximum Gasteiger partial charge on any atom is 0.0879 e. The van der Waals surface area contributed by atoms with Crippen molar-refractivity contribution >= 4 is 11.8 Å². The molecule has 1 rings (SSSR count). The molecule has 0 aromatic carbocycles. The van der Waals surface area contributed by atoms with Crippen molar-refractivity contribution in [2.24, 2.45) is 11.6 Å². The molecule has 8 heavy (non-hydrogen) atoms. The van der Waals surface area contributed by atoms with E-state index in [0.29, 0.717) is 0 Å². The van der Waals surface area contributed by atoms with Crippen LogP contribution in [0.5, 0.6) is 0 Å². The molecule has 0 amide bonds. The number of hydrogen-bond donors (Lipinski definition) is 2. The predicted molar refractivity (Wildman–Crippen MR) is 35.0 cm³/mol. The van der Waals surface area contributed by atoms with Crippen molar-refractivity contribution in [2.45, 2.75) is 0 Å². The molecule has 44 valence electrons. The molecule has 0 spiro atoms. The Bertz CT molecular complexity index is 140. The molecule has 0 saturated carbocycles. The molecule has 0 bridgehead atoms. The van der Waals surface area contributed by atoms with E-state index in [1.54, 1.807) is 12.4 Å². The molecule has 1 heterocycles. The van der Waals surface area contributed by atoms with E-state index >= 15 is 0 Å². The van der Waals surface area contributed by atoms with E-state index in [-0.39, 0.29) is 0 Å². The van der Waals surface area contributed by atoms with Crippen LogP contribution in [-0.4, -0.2) is 5.01 Å². The monoisotopic (exact) mass is 129 g/mol. The van der Waals surface area contributed by atoms with Crippen molar-refractivity contribution in [2.75, 3.05) is 0 Å². The standard InChI is InChI=1S/C4H7N3S/c5-4-3-7(6)1-2-8-4/h1-3H,5-6H2. The Labute approximate surface area is 52.0 Å². The van der Waals surface area contributed by atoms with Gasteiger partial charge in [0.2, 0.25) is 0 Å². The molecule has 0 aromatic rings. The lowest BCUT2D eigenvalue weighted by Crippen LogP contribution is -2.20. The van der Waals surface area contributed by atoms with Crippen LogP contribution in [0.2, 0.25) is 0 Å². The molecule has 0 aromatic heterocycles. The van der Waals surface area contributed by atoms with Gasteiger partial charge in [0, 0.05) is 6.20 Å². The molecule has 0 saturated heterocycles. The van der Waals surface area contributed by atoms with E-state index in [2.05, 4.69) is 0 Å². The van der Waals surface area contributed by atoms with Crippen LogP contribution < -0.4 is 11.6 Å². The first-order valence-corrected chi connectivity index (χ1v) is 3.00. The van der Waals surface area contributed by atoms with Gasteiger partial charge < -0.3 is 5.73 Å². The Kier molecular flexibility index (Phi) is 1.45. The zero-order valence-electron chi connectivity index (χ0n) is 4.24. The van der Waals surface area contributed by atoms with Crippen LogP contribution in [0.25, 0.3) is 0 Å². The fraction of sp³-hybridized carbons (Fsp3) is 0. The number of nitrogens with zero attached hydrogens (tertiary/aromatic N) is 1. The Morgan fingerprint density at radius 3 is 2.75 bits per heavy atom. The molecule has 0 radical (unpaired) electrons. The second-order valence-corrected chi connectivity index (χ2v) is 2.36. The summed E-state index contributed by atoms with van der Waals surface area (Å²) in [5.41, 5.74) is 5.38. The molecule has 0 aliphatic carbocycles. The van der Waals surface area contributed by atoms with Gasteiger partial charge in [0.25, 0.3) is 0 Å². The van der Waals surface area contributed by atoms with Gasteiger partial charge in [0.05, 0.1) is 11.2 Å². The van der Waals surface area contributed by atoms with Crippen molar-refractivity contribution in [3.8, 4) is 0 Å². The summed E-state index contributed by atoms with van der Waals surface area (Å²) in [6.45, 7) is 0. The highest BCUT2D eigenvalue weighted by atomic mass is 32.2. The van der Waals surface area contributed by atoms with Gasteiger partial charge in [-0.3, -0.25) is 5.01 Å². The van der Waals surface area contributed by atoms with Gasteiger partial charge in [-0.2, -0.15) is 0 Å². The summed E-state index contributed by atoms with van der Waals surface area (Å²) in [6, 6.07) is 0. The quantitative estimate of drug-likeness (QED) is 0.457. The van der Waals surface area contributed by atoms with Gasteiger partial charge in [-0.25, -0.2) is 5.84 Å². The molecule has 4 heteroatoms. The van der Waals surface area contributed by atoms with E-state index in [1.165, 1.54) is 16.8 Å². The lowest BCUT2D eigenvalue weighted by molar-refractivity contribution is 0.537. The topological polar surface area (TPSA) is 55.3 Å². The van der Waals surface area contributed by atoms with Crippen molar-refractivity contribution in [1.29, 1.82) is 0 Å². The average Bonchev–Trinajstić information content (AvgIpc) is 1.64. The van der Waals surface area contributed by atoms with Crippen LogP contribution in [0.1, 0.15) is 0 Å². The molecule has 1 aliphatic heterocycles. The number of nitrogens with two attached hydrogens (primary N) is 2. The van der Waals surface area contributed by atoms with Crippen LogP contribution in [0.15, 0.2) is 22.8 Å². The summed E-state index contributed by atoms with van der Waals surface area (Å²) in [4.78, 5) is 0. The Hall–Kier alpha value is -0.610. The van der Waals surface area contributed by atoms with Crippen LogP contribution in [0.3, 0.4) is 0 Å². The normalized spacial score (nSPS) is 18.6. The van der Waals surface area contributed by atoms with Gasteiger partial charge in [-0.05, 0) is 5.41 Å². The summed E-state index contributed by atoms with van der Waals surface area (Å²) < 4.78 is 0. The van der Waals surface area contributed by atoms with Gasteiger partial charge in [0.15, 0.2) is 0 Å². The van der Waals surface area contributed by atoms with Crippen LogP contribution in [0, 0.1) is 0 Å². The molecule has 0 atom stereocenters. The summed E-state index contributed by atoms with van der Waals surface area (Å²) >= 11 is 1.46. The summed E-state index contributed by atoms with van der Waals surface area (Å²) in [5.74, 6) is 5.30. The first-order chi connectivity index (χ1) is 3.79. The van der Waals surface area contributed by atoms with Crippen molar-refractivity contribution < 1.29 is 0 Å². The number of rotatable bonds is 0. The van der Waals surface area contributed by atoms with Crippen LogP contribution in [0.4, 0.5) is 0 Å². The Balaban J connectivity index is 2.60. The highest BCUT2D eigenvalue weighted by Crippen LogP contribution is 2.15. The zero-order chi connectivity index (χ0) is 5.98. The predicted octanol–water partition coefficient (Wildman–Crippen LogP) is 0.138. The zero-order valence-corrected chi connectivity index (χ0v) is 5.06. The van der Waals surface area contributed by atoms with E-state index in [0.717, 1.165) is 5.03 Å². The molecule has 0 unspecified atom stereocenters. The largest absolute Gasteiger partial charge is 0.392 e. The number of thioether (sulfide) groups is 1. The minimum absolute atomic E-state index is 0.718. The minimum Gasteiger partial charge on any atom is -0.392 e. The Morgan fingerprint density at radius 2 is 2.38 bits per heavy atom. The summed E-state index contributed by atoms with van der Waals surface area (Å²) in [6.07, 6.45) is 3.39. The van der Waals surface area contributed by atoms with E-state index in [1.807, 2.05) is 5.41 Å². The summed E-state index contributed by atoms with van der Waals surface area (Å²) in [5, 5.41) is 3.97. The van der Waals surface area contributed by atoms with Gasteiger partial charge in [0.1, 0.15) is 0 Å². The van der Waals surface area contributed by atoms with Gasteiger partial charge >= 0.3 is 0 Å².